The summed E-state index contributed by atoms with van der Waals surface area (Å²) in [5.74, 6) is -0.125. The number of fused-ring (bicyclic) bond motifs is 2. The van der Waals surface area contributed by atoms with Gasteiger partial charge >= 0.3 is 0 Å². The lowest BCUT2D eigenvalue weighted by Gasteiger charge is -2.09. The van der Waals surface area contributed by atoms with Crippen LogP contribution in [0.25, 0.3) is 11.0 Å². The zero-order valence-electron chi connectivity index (χ0n) is 13.1. The summed E-state index contributed by atoms with van der Waals surface area (Å²) in [4.78, 5) is 16.6. The third-order valence-corrected chi connectivity index (χ3v) is 4.45. The van der Waals surface area contributed by atoms with Gasteiger partial charge in [-0.1, -0.05) is 12.1 Å². The van der Waals surface area contributed by atoms with E-state index in [0.29, 0.717) is 11.1 Å². The topological polar surface area (TPSA) is 70.7 Å². The minimum atomic E-state index is -0.125. The van der Waals surface area contributed by atoms with E-state index in [0.717, 1.165) is 24.0 Å². The lowest BCUT2D eigenvalue weighted by molar-refractivity contribution is -0.116. The largest absolute Gasteiger partial charge is 0.325 e. The van der Waals surface area contributed by atoms with Crippen LogP contribution in [0.3, 0.4) is 0 Å². The number of hydrogen-bond acceptors (Lipinski definition) is 3. The molecule has 1 aliphatic rings. The highest BCUT2D eigenvalue weighted by Gasteiger charge is 2.13. The number of imidazole rings is 1. The van der Waals surface area contributed by atoms with Gasteiger partial charge in [-0.2, -0.15) is 5.26 Å². The maximum absolute atomic E-state index is 12.4. The van der Waals surface area contributed by atoms with E-state index in [4.69, 9.17) is 0 Å². The quantitative estimate of drug-likeness (QED) is 0.807. The molecule has 5 heteroatoms. The third kappa shape index (κ3) is 2.52. The number of nitrogens with zero attached hydrogens (tertiary/aromatic N) is 3. The Hall–Kier alpha value is -3.13. The van der Waals surface area contributed by atoms with Crippen LogP contribution in [0.1, 0.15) is 23.1 Å². The highest BCUT2D eigenvalue weighted by Crippen LogP contribution is 2.25. The van der Waals surface area contributed by atoms with Crippen LogP contribution in [0, 0.1) is 11.3 Å². The van der Waals surface area contributed by atoms with Gasteiger partial charge in [0, 0.05) is 5.69 Å². The number of aryl methyl sites for hydroxylation is 2. The highest BCUT2D eigenvalue weighted by atomic mass is 16.1. The fourth-order valence-corrected chi connectivity index (χ4v) is 3.34. The van der Waals surface area contributed by atoms with Crippen LogP contribution in [0.15, 0.2) is 42.7 Å². The predicted molar refractivity (Wildman–Crippen MR) is 91.5 cm³/mol. The van der Waals surface area contributed by atoms with Crippen LogP contribution in [0.4, 0.5) is 5.69 Å². The van der Waals surface area contributed by atoms with E-state index in [1.807, 2.05) is 12.1 Å². The molecule has 1 aliphatic carbocycles. The second kappa shape index (κ2) is 5.82. The Morgan fingerprint density at radius 3 is 3.00 bits per heavy atom. The van der Waals surface area contributed by atoms with Gasteiger partial charge < -0.3 is 9.88 Å². The molecule has 1 amide bonds. The van der Waals surface area contributed by atoms with E-state index in [9.17, 15) is 10.1 Å². The number of benzene rings is 2. The first-order chi connectivity index (χ1) is 11.7. The van der Waals surface area contributed by atoms with E-state index in [2.05, 4.69) is 28.5 Å². The molecule has 3 aromatic rings. The first-order valence-corrected chi connectivity index (χ1v) is 8.00. The molecular weight excluding hydrogens is 300 g/mol. The molecule has 0 atom stereocenters. The Bertz CT molecular complexity index is 981. The molecule has 1 N–H and O–H groups in total. The van der Waals surface area contributed by atoms with Gasteiger partial charge in [-0.3, -0.25) is 4.79 Å². The van der Waals surface area contributed by atoms with E-state index in [1.54, 1.807) is 23.0 Å². The molecular formula is C19H16N4O. The summed E-state index contributed by atoms with van der Waals surface area (Å²) in [5, 5.41) is 12.2. The number of aromatic nitrogens is 2. The Labute approximate surface area is 139 Å². The van der Waals surface area contributed by atoms with Gasteiger partial charge in [0.15, 0.2) is 0 Å². The second-order valence-corrected chi connectivity index (χ2v) is 6.04. The number of nitrogens with one attached hydrogen (secondary N) is 1. The molecule has 0 aliphatic heterocycles. The van der Waals surface area contributed by atoms with E-state index < -0.39 is 0 Å². The third-order valence-electron chi connectivity index (χ3n) is 4.45. The lowest BCUT2D eigenvalue weighted by Crippen LogP contribution is -2.18. The van der Waals surface area contributed by atoms with Gasteiger partial charge in [0.05, 0.1) is 22.9 Å². The molecule has 24 heavy (non-hydrogen) atoms. The Kier molecular flexibility index (Phi) is 3.51. The lowest BCUT2D eigenvalue weighted by atomic mass is 10.1. The van der Waals surface area contributed by atoms with Crippen molar-refractivity contribution in [3.05, 3.63) is 59.4 Å². The summed E-state index contributed by atoms with van der Waals surface area (Å²) < 4.78 is 1.72. The van der Waals surface area contributed by atoms with E-state index in [1.165, 1.54) is 17.5 Å². The minimum Gasteiger partial charge on any atom is -0.325 e. The fraction of sp³-hybridized carbons (Fsp3) is 0.211. The molecule has 0 spiro atoms. The smallest absolute Gasteiger partial charge is 0.244 e. The van der Waals surface area contributed by atoms with Crippen LogP contribution < -0.4 is 5.32 Å². The van der Waals surface area contributed by atoms with Crippen molar-refractivity contribution in [2.24, 2.45) is 0 Å². The average Bonchev–Trinajstić information content (AvgIpc) is 3.21. The standard InChI is InChI=1S/C19H16N4O/c20-10-15-5-2-6-17-19(15)23(12-21-17)11-18(24)22-16-8-7-13-3-1-4-14(13)9-16/h2,5-9,12H,1,3-4,11H2,(H,22,24). The number of amides is 1. The molecule has 2 aromatic carbocycles. The molecule has 0 saturated heterocycles. The van der Waals surface area contributed by atoms with Gasteiger partial charge in [0.25, 0.3) is 0 Å². The van der Waals surface area contributed by atoms with Crippen molar-refractivity contribution >= 4 is 22.6 Å². The number of anilines is 1. The van der Waals surface area contributed by atoms with Gasteiger partial charge in [0.2, 0.25) is 5.91 Å². The Morgan fingerprint density at radius 2 is 2.12 bits per heavy atom. The molecule has 0 unspecified atom stereocenters. The molecule has 1 heterocycles. The SMILES string of the molecule is N#Cc1cccc2ncn(CC(=O)Nc3ccc4c(c3)CCC4)c12. The van der Waals surface area contributed by atoms with Crippen molar-refractivity contribution in [2.45, 2.75) is 25.8 Å². The van der Waals surface area contributed by atoms with Crippen LogP contribution in [0.2, 0.25) is 0 Å². The summed E-state index contributed by atoms with van der Waals surface area (Å²) in [5.41, 5.74) is 5.48. The maximum Gasteiger partial charge on any atom is 0.244 e. The Morgan fingerprint density at radius 1 is 1.25 bits per heavy atom. The first kappa shape index (κ1) is 14.5. The summed E-state index contributed by atoms with van der Waals surface area (Å²) >= 11 is 0. The molecule has 0 fully saturated rings. The summed E-state index contributed by atoms with van der Waals surface area (Å²) in [6, 6.07) is 13.6. The molecule has 1 aromatic heterocycles. The average molecular weight is 316 g/mol. The highest BCUT2D eigenvalue weighted by molar-refractivity contribution is 5.92. The zero-order chi connectivity index (χ0) is 16.5. The number of carbonyl (C=O) groups excluding carboxylic acids is 1. The molecule has 0 bridgehead atoms. The summed E-state index contributed by atoms with van der Waals surface area (Å²) in [6.45, 7) is 0.131. The molecule has 0 radical (unpaired) electrons. The summed E-state index contributed by atoms with van der Waals surface area (Å²) in [7, 11) is 0. The van der Waals surface area contributed by atoms with Crippen molar-refractivity contribution in [2.75, 3.05) is 5.32 Å². The van der Waals surface area contributed by atoms with Gasteiger partial charge in [-0.25, -0.2) is 4.98 Å². The second-order valence-electron chi connectivity index (χ2n) is 6.04. The number of nitriles is 1. The van der Waals surface area contributed by atoms with E-state index in [-0.39, 0.29) is 12.5 Å². The van der Waals surface area contributed by atoms with Crippen molar-refractivity contribution in [1.82, 2.24) is 9.55 Å². The van der Waals surface area contributed by atoms with Crippen LogP contribution in [-0.4, -0.2) is 15.5 Å². The van der Waals surface area contributed by atoms with Crippen molar-refractivity contribution in [3.63, 3.8) is 0 Å². The monoisotopic (exact) mass is 316 g/mol. The van der Waals surface area contributed by atoms with Crippen LogP contribution in [0.5, 0.6) is 0 Å². The van der Waals surface area contributed by atoms with Gasteiger partial charge in [-0.15, -0.1) is 0 Å². The molecule has 5 nitrogen and oxygen atoms in total. The maximum atomic E-state index is 12.4. The Balaban J connectivity index is 1.56. The first-order valence-electron chi connectivity index (χ1n) is 8.00. The summed E-state index contributed by atoms with van der Waals surface area (Å²) in [6.07, 6.45) is 5.00. The van der Waals surface area contributed by atoms with Gasteiger partial charge in [0.1, 0.15) is 12.6 Å². The van der Waals surface area contributed by atoms with Crippen LogP contribution in [-0.2, 0) is 24.2 Å². The molecule has 118 valence electrons. The number of carbonyl (C=O) groups is 1. The van der Waals surface area contributed by atoms with Gasteiger partial charge in [-0.05, 0) is 54.7 Å². The predicted octanol–water partition coefficient (Wildman–Crippen LogP) is 3.04. The molecule has 0 saturated carbocycles. The van der Waals surface area contributed by atoms with Crippen molar-refractivity contribution < 1.29 is 4.79 Å². The number of rotatable bonds is 3. The van der Waals surface area contributed by atoms with E-state index >= 15 is 0 Å². The van der Waals surface area contributed by atoms with Crippen molar-refractivity contribution in [1.29, 1.82) is 5.26 Å². The number of para-hydroxylation sites is 1. The zero-order valence-corrected chi connectivity index (χ0v) is 13.1. The van der Waals surface area contributed by atoms with Crippen LogP contribution >= 0.6 is 0 Å². The minimum absolute atomic E-state index is 0.125. The number of hydrogen-bond donors (Lipinski definition) is 1. The fourth-order valence-electron chi connectivity index (χ4n) is 3.34. The normalized spacial score (nSPS) is 12.8. The van der Waals surface area contributed by atoms with Crippen molar-refractivity contribution in [3.8, 4) is 6.07 Å². The molecule has 4 rings (SSSR count).